The van der Waals surface area contributed by atoms with E-state index in [9.17, 15) is 9.90 Å². The zero-order chi connectivity index (χ0) is 27.8. The Morgan fingerprint density at radius 2 is 1.79 bits per heavy atom. The van der Waals surface area contributed by atoms with Gasteiger partial charge in [0, 0.05) is 50.0 Å². The van der Waals surface area contributed by atoms with Crippen molar-refractivity contribution in [1.29, 1.82) is 0 Å². The number of amides is 1. The average Bonchev–Trinajstić information content (AvgIpc) is 3.28. The van der Waals surface area contributed by atoms with Gasteiger partial charge in [0.15, 0.2) is 11.5 Å². The predicted molar refractivity (Wildman–Crippen MR) is 148 cm³/mol. The maximum Gasteiger partial charge on any atom is 0.223 e. The normalized spacial score (nSPS) is 23.6. The van der Waals surface area contributed by atoms with Gasteiger partial charge in [-0.2, -0.15) is 0 Å². The van der Waals surface area contributed by atoms with Crippen LogP contribution in [0.1, 0.15) is 52.5 Å². The lowest BCUT2D eigenvalue weighted by atomic mass is 9.81. The summed E-state index contributed by atoms with van der Waals surface area (Å²) in [5.41, 5.74) is 7.71. The van der Waals surface area contributed by atoms with E-state index >= 15 is 0 Å². The minimum absolute atomic E-state index is 0.0299. The number of hydrogen-bond acceptors (Lipinski definition) is 7. The van der Waals surface area contributed by atoms with Crippen molar-refractivity contribution in [1.82, 2.24) is 5.32 Å². The molecule has 1 amide bonds. The van der Waals surface area contributed by atoms with Gasteiger partial charge < -0.3 is 35.1 Å². The molecule has 8 nitrogen and oxygen atoms in total. The summed E-state index contributed by atoms with van der Waals surface area (Å²) < 4.78 is 22.0. The number of ether oxygens (including phenoxy) is 4. The molecule has 1 aliphatic heterocycles. The quantitative estimate of drug-likeness (QED) is 0.263. The third kappa shape index (κ3) is 8.31. The number of fused-ring (bicyclic) bond motifs is 1. The molecule has 2 aliphatic rings. The van der Waals surface area contributed by atoms with Crippen LogP contribution in [-0.4, -0.2) is 69.8 Å². The fourth-order valence-electron chi connectivity index (χ4n) is 5.59. The minimum Gasteiger partial charge on any atom is -0.493 e. The van der Waals surface area contributed by atoms with Crippen molar-refractivity contribution in [3.05, 3.63) is 23.8 Å². The number of benzene rings is 1. The lowest BCUT2D eigenvalue weighted by Crippen LogP contribution is -2.43. The number of rotatable bonds is 17. The third-order valence-corrected chi connectivity index (χ3v) is 8.39. The molecule has 0 radical (unpaired) electrons. The molecule has 1 saturated heterocycles. The molecule has 0 aromatic heterocycles. The van der Waals surface area contributed by atoms with Crippen LogP contribution < -0.4 is 20.5 Å². The number of nitrogens with one attached hydrogen (secondary N) is 1. The fraction of sp³-hybridized carbons (Fsp3) is 0.767. The molecule has 216 valence electrons. The zero-order valence-electron chi connectivity index (χ0n) is 24.2. The van der Waals surface area contributed by atoms with Gasteiger partial charge in [-0.15, -0.1) is 0 Å². The van der Waals surface area contributed by atoms with Crippen LogP contribution in [0.4, 0.5) is 0 Å². The molecule has 4 N–H and O–H groups in total. The highest BCUT2D eigenvalue weighted by Crippen LogP contribution is 2.44. The Morgan fingerprint density at radius 1 is 1.08 bits per heavy atom. The topological polar surface area (TPSA) is 112 Å². The summed E-state index contributed by atoms with van der Waals surface area (Å²) in [4.78, 5) is 13.1. The van der Waals surface area contributed by atoms with Gasteiger partial charge in [-0.1, -0.05) is 33.8 Å². The number of carbonyl (C=O) groups is 1. The maximum absolute atomic E-state index is 13.1. The first-order valence-electron chi connectivity index (χ1n) is 14.3. The smallest absolute Gasteiger partial charge is 0.223 e. The van der Waals surface area contributed by atoms with Gasteiger partial charge >= 0.3 is 0 Å². The summed E-state index contributed by atoms with van der Waals surface area (Å²) in [6, 6.07) is 5.87. The van der Waals surface area contributed by atoms with Crippen molar-refractivity contribution in [2.75, 3.05) is 40.6 Å². The number of carbonyl (C=O) groups excluding carboxylic acids is 1. The van der Waals surface area contributed by atoms with Gasteiger partial charge in [-0.05, 0) is 54.7 Å². The standard InChI is InChI=1S/C30H50N2O6/c1-18(2)21(12-20-8-9-27(36-6)28(13-20)38-11-7-10-35-5)14-25(31)26(33)15-22(19(3)4)30(34)32-29-23-16-37-17-24(23)29/h8-9,13,18-19,21-26,29,33H,7,10-12,14-17,31H2,1-6H3,(H,32,34). The van der Waals surface area contributed by atoms with Crippen molar-refractivity contribution >= 4 is 5.91 Å². The highest BCUT2D eigenvalue weighted by Gasteiger charge is 2.55. The Morgan fingerprint density at radius 3 is 2.39 bits per heavy atom. The average molecular weight is 535 g/mol. The van der Waals surface area contributed by atoms with Crippen molar-refractivity contribution in [2.24, 2.45) is 41.2 Å². The molecular formula is C30H50N2O6. The molecule has 38 heavy (non-hydrogen) atoms. The zero-order valence-corrected chi connectivity index (χ0v) is 24.2. The van der Waals surface area contributed by atoms with Crippen molar-refractivity contribution < 1.29 is 28.8 Å². The lowest BCUT2D eigenvalue weighted by molar-refractivity contribution is -0.128. The highest BCUT2D eigenvalue weighted by atomic mass is 16.5. The molecule has 1 saturated carbocycles. The first-order valence-corrected chi connectivity index (χ1v) is 14.3. The SMILES string of the molecule is COCCCOc1cc(CC(CC(N)C(O)CC(C(=O)NC2C3COCC32)C(C)C)C(C)C)ccc1OC. The third-order valence-electron chi connectivity index (χ3n) is 8.39. The molecule has 6 unspecified atom stereocenters. The van der Waals surface area contributed by atoms with Gasteiger partial charge in [0.05, 0.1) is 33.0 Å². The van der Waals surface area contributed by atoms with Crippen LogP contribution >= 0.6 is 0 Å². The molecule has 6 atom stereocenters. The van der Waals surface area contributed by atoms with Gasteiger partial charge in [-0.3, -0.25) is 4.79 Å². The van der Waals surface area contributed by atoms with Crippen LogP contribution in [0.5, 0.6) is 11.5 Å². The molecule has 0 spiro atoms. The second-order valence-corrected chi connectivity index (χ2v) is 11.8. The summed E-state index contributed by atoms with van der Waals surface area (Å²) in [5, 5.41) is 14.3. The van der Waals surface area contributed by atoms with E-state index in [1.54, 1.807) is 14.2 Å². The van der Waals surface area contributed by atoms with E-state index in [1.165, 1.54) is 0 Å². The largest absolute Gasteiger partial charge is 0.493 e. The van der Waals surface area contributed by atoms with Crippen molar-refractivity contribution in [3.8, 4) is 11.5 Å². The molecule has 3 rings (SSSR count). The van der Waals surface area contributed by atoms with E-state index in [0.29, 0.717) is 49.6 Å². The van der Waals surface area contributed by atoms with E-state index in [-0.39, 0.29) is 29.7 Å². The Balaban J connectivity index is 1.57. The van der Waals surface area contributed by atoms with Crippen molar-refractivity contribution in [3.63, 3.8) is 0 Å². The number of aliphatic hydroxyl groups excluding tert-OH is 1. The van der Waals surface area contributed by atoms with Crippen LogP contribution in [0.3, 0.4) is 0 Å². The summed E-state index contributed by atoms with van der Waals surface area (Å²) >= 11 is 0. The van der Waals surface area contributed by atoms with Gasteiger partial charge in [-0.25, -0.2) is 0 Å². The molecule has 1 aliphatic carbocycles. The number of nitrogens with two attached hydrogens (primary N) is 1. The Hall–Kier alpha value is -1.87. The Bertz CT molecular complexity index is 868. The monoisotopic (exact) mass is 534 g/mol. The van der Waals surface area contributed by atoms with Gasteiger partial charge in [0.1, 0.15) is 0 Å². The second kappa shape index (κ2) is 14.5. The number of methoxy groups -OCH3 is 2. The van der Waals surface area contributed by atoms with E-state index < -0.39 is 12.1 Å². The molecule has 1 heterocycles. The number of aliphatic hydroxyl groups is 1. The summed E-state index contributed by atoms with van der Waals surface area (Å²) in [6.45, 7) is 11.1. The summed E-state index contributed by atoms with van der Waals surface area (Å²) in [6.07, 6.45) is 1.92. The van der Waals surface area contributed by atoms with E-state index in [0.717, 1.165) is 37.4 Å². The predicted octanol–water partition coefficient (Wildman–Crippen LogP) is 3.43. The van der Waals surface area contributed by atoms with Crippen LogP contribution in [0, 0.1) is 35.5 Å². The van der Waals surface area contributed by atoms with E-state index in [4.69, 9.17) is 24.7 Å². The highest BCUT2D eigenvalue weighted by molar-refractivity contribution is 5.79. The van der Waals surface area contributed by atoms with Crippen LogP contribution in [0.25, 0.3) is 0 Å². The summed E-state index contributed by atoms with van der Waals surface area (Å²) in [5.74, 6) is 2.88. The minimum atomic E-state index is -0.744. The van der Waals surface area contributed by atoms with Gasteiger partial charge in [0.25, 0.3) is 0 Å². The van der Waals surface area contributed by atoms with Crippen LogP contribution in [0.2, 0.25) is 0 Å². The molecule has 2 fully saturated rings. The van der Waals surface area contributed by atoms with E-state index in [2.05, 4.69) is 25.2 Å². The second-order valence-electron chi connectivity index (χ2n) is 11.8. The first-order chi connectivity index (χ1) is 18.2. The lowest BCUT2D eigenvalue weighted by Gasteiger charge is -2.30. The van der Waals surface area contributed by atoms with Crippen LogP contribution in [0.15, 0.2) is 18.2 Å². The molecular weight excluding hydrogens is 484 g/mol. The molecule has 8 heteroatoms. The Kier molecular flexibility index (Phi) is 11.7. The fourth-order valence-corrected chi connectivity index (χ4v) is 5.59. The number of hydrogen-bond donors (Lipinski definition) is 3. The van der Waals surface area contributed by atoms with Gasteiger partial charge in [0.2, 0.25) is 5.91 Å². The van der Waals surface area contributed by atoms with Crippen molar-refractivity contribution in [2.45, 2.75) is 71.6 Å². The summed E-state index contributed by atoms with van der Waals surface area (Å²) in [7, 11) is 3.32. The van der Waals surface area contributed by atoms with E-state index in [1.807, 2.05) is 26.0 Å². The molecule has 0 bridgehead atoms. The molecule has 1 aromatic carbocycles. The Labute approximate surface area is 228 Å². The van der Waals surface area contributed by atoms with Crippen LogP contribution in [-0.2, 0) is 20.7 Å². The maximum atomic E-state index is 13.1. The first kappa shape index (κ1) is 30.7. The molecule has 1 aromatic rings.